The number of nitrogens with zero attached hydrogens (tertiary/aromatic N) is 3. The van der Waals surface area contributed by atoms with E-state index >= 15 is 0 Å². The van der Waals surface area contributed by atoms with Crippen molar-refractivity contribution in [3.63, 3.8) is 0 Å². The minimum absolute atomic E-state index is 0.0864. The third-order valence-electron chi connectivity index (χ3n) is 7.22. The summed E-state index contributed by atoms with van der Waals surface area (Å²) in [6.45, 7) is 4.77. The van der Waals surface area contributed by atoms with Crippen LogP contribution < -0.4 is 5.32 Å². The van der Waals surface area contributed by atoms with Gasteiger partial charge in [-0.05, 0) is 36.6 Å². The molecule has 0 radical (unpaired) electrons. The number of hydrogen-bond acceptors (Lipinski definition) is 6. The summed E-state index contributed by atoms with van der Waals surface area (Å²) in [5.74, 6) is -0.172. The molecule has 0 saturated carbocycles. The van der Waals surface area contributed by atoms with Gasteiger partial charge in [-0.1, -0.05) is 91.0 Å². The van der Waals surface area contributed by atoms with E-state index in [0.29, 0.717) is 11.5 Å². The fourth-order valence-electron chi connectivity index (χ4n) is 5.15. The van der Waals surface area contributed by atoms with Crippen molar-refractivity contribution in [1.82, 2.24) is 20.2 Å². The lowest BCUT2D eigenvalue weighted by atomic mass is 9.97. The van der Waals surface area contributed by atoms with Crippen LogP contribution in [0.2, 0.25) is 0 Å². The van der Waals surface area contributed by atoms with Gasteiger partial charge in [-0.25, -0.2) is 0 Å². The summed E-state index contributed by atoms with van der Waals surface area (Å²) in [7, 11) is 1.58. The highest BCUT2D eigenvalue weighted by Crippen LogP contribution is 2.38. The molecule has 2 amide bonds. The van der Waals surface area contributed by atoms with Gasteiger partial charge in [-0.15, -0.1) is 0 Å². The predicted molar refractivity (Wildman–Crippen MR) is 156 cm³/mol. The Labute approximate surface area is 241 Å². The van der Waals surface area contributed by atoms with Crippen LogP contribution in [0, 0.1) is 0 Å². The molecule has 8 nitrogen and oxygen atoms in total. The van der Waals surface area contributed by atoms with Crippen LogP contribution in [0.4, 0.5) is 0 Å². The summed E-state index contributed by atoms with van der Waals surface area (Å²) in [5, 5.41) is 6.60. The van der Waals surface area contributed by atoms with Crippen molar-refractivity contribution in [3.8, 4) is 0 Å². The van der Waals surface area contributed by atoms with Gasteiger partial charge in [0.05, 0.1) is 19.3 Å². The van der Waals surface area contributed by atoms with Crippen LogP contribution in [0.3, 0.4) is 0 Å². The number of hydrogen-bond donors (Lipinski definition) is 1. The third kappa shape index (κ3) is 6.04. The standard InChI is InChI=1S/C33H36N4O4/c1-24(2)35-23-36(30(26-15-9-5-10-16-26)27-17-11-6-12-18-27)37-28(32(38)34-3)19-20-40-22-29(31(37)33(35)39)41-21-25-13-7-4-8-14-25/h4-19,24,30H,20-23H2,1-3H3,(H,34,38)/b28-19-,31-29+. The first kappa shape index (κ1) is 28.1. The quantitative estimate of drug-likeness (QED) is 0.441. The van der Waals surface area contributed by atoms with Crippen LogP contribution in [0.5, 0.6) is 0 Å². The van der Waals surface area contributed by atoms with Gasteiger partial charge in [0.1, 0.15) is 18.9 Å². The van der Waals surface area contributed by atoms with Gasteiger partial charge >= 0.3 is 0 Å². The lowest BCUT2D eigenvalue weighted by Gasteiger charge is -2.50. The third-order valence-corrected chi connectivity index (χ3v) is 7.22. The Morgan fingerprint density at radius 3 is 2.07 bits per heavy atom. The van der Waals surface area contributed by atoms with Crippen LogP contribution in [-0.4, -0.2) is 59.7 Å². The van der Waals surface area contributed by atoms with Crippen molar-refractivity contribution in [3.05, 3.63) is 131 Å². The second-order valence-corrected chi connectivity index (χ2v) is 10.2. The van der Waals surface area contributed by atoms with Gasteiger partial charge < -0.3 is 19.7 Å². The molecule has 0 atom stereocenters. The lowest BCUT2D eigenvalue weighted by molar-refractivity contribution is -0.156. The van der Waals surface area contributed by atoms with Crippen LogP contribution >= 0.6 is 0 Å². The van der Waals surface area contributed by atoms with Gasteiger partial charge in [0.25, 0.3) is 11.8 Å². The van der Waals surface area contributed by atoms with Crippen LogP contribution in [0.25, 0.3) is 0 Å². The van der Waals surface area contributed by atoms with Gasteiger partial charge in [-0.2, -0.15) is 5.01 Å². The first-order valence-electron chi connectivity index (χ1n) is 13.9. The lowest BCUT2D eigenvalue weighted by Crippen LogP contribution is -2.61. The number of amides is 2. The number of benzene rings is 3. The van der Waals surface area contributed by atoms with Crippen LogP contribution in [-0.2, 0) is 25.7 Å². The van der Waals surface area contributed by atoms with E-state index in [9.17, 15) is 9.59 Å². The maximum absolute atomic E-state index is 14.3. The molecule has 1 saturated heterocycles. The summed E-state index contributed by atoms with van der Waals surface area (Å²) in [4.78, 5) is 29.5. The molecular weight excluding hydrogens is 516 g/mol. The zero-order valence-corrected chi connectivity index (χ0v) is 23.7. The zero-order chi connectivity index (χ0) is 28.8. The maximum Gasteiger partial charge on any atom is 0.276 e. The molecule has 0 unspecified atom stereocenters. The Kier molecular flexibility index (Phi) is 8.82. The van der Waals surface area contributed by atoms with Crippen molar-refractivity contribution in [2.45, 2.75) is 32.5 Å². The SMILES string of the molecule is CNC(=O)/C1=C/COC/C(OCc2ccccc2)=C2/C(=O)N(C(C)C)CN(C(c3ccccc3)c3ccccc3)N12. The number of carbonyl (C=O) groups excluding carboxylic acids is 2. The number of fused-ring (bicyclic) bond motifs is 1. The molecule has 1 N–H and O–H groups in total. The second-order valence-electron chi connectivity index (χ2n) is 10.2. The van der Waals surface area contributed by atoms with E-state index in [-0.39, 0.29) is 56.1 Å². The normalized spacial score (nSPS) is 19.3. The minimum atomic E-state index is -0.328. The van der Waals surface area contributed by atoms with E-state index in [1.54, 1.807) is 23.0 Å². The van der Waals surface area contributed by atoms with Crippen molar-refractivity contribution < 1.29 is 19.1 Å². The highest BCUT2D eigenvalue weighted by Gasteiger charge is 2.45. The molecule has 212 valence electrons. The number of carbonyl (C=O) groups is 2. The van der Waals surface area contributed by atoms with Crippen molar-refractivity contribution in [2.24, 2.45) is 0 Å². The van der Waals surface area contributed by atoms with E-state index < -0.39 is 0 Å². The predicted octanol–water partition coefficient (Wildman–Crippen LogP) is 4.59. The molecule has 0 aromatic heterocycles. The highest BCUT2D eigenvalue weighted by molar-refractivity contribution is 5.99. The first-order valence-corrected chi connectivity index (χ1v) is 13.9. The Bertz CT molecular complexity index is 1370. The fourth-order valence-corrected chi connectivity index (χ4v) is 5.15. The zero-order valence-electron chi connectivity index (χ0n) is 23.7. The summed E-state index contributed by atoms with van der Waals surface area (Å²) in [6, 6.07) is 29.6. The summed E-state index contributed by atoms with van der Waals surface area (Å²) in [6.07, 6.45) is 1.73. The second kappa shape index (κ2) is 12.8. The van der Waals surface area contributed by atoms with Gasteiger partial charge in [0, 0.05) is 13.1 Å². The molecule has 3 aromatic carbocycles. The number of rotatable bonds is 8. The molecule has 1 fully saturated rings. The molecule has 2 aliphatic rings. The number of nitrogens with one attached hydrogen (secondary N) is 1. The Morgan fingerprint density at radius 2 is 1.51 bits per heavy atom. The smallest absolute Gasteiger partial charge is 0.276 e. The van der Waals surface area contributed by atoms with Gasteiger partial charge in [-0.3, -0.25) is 14.6 Å². The van der Waals surface area contributed by atoms with Gasteiger partial charge in [0.2, 0.25) is 0 Å². The largest absolute Gasteiger partial charge is 0.488 e. The molecule has 2 aliphatic heterocycles. The Balaban J connectivity index is 1.72. The topological polar surface area (TPSA) is 74.3 Å². The molecule has 0 aliphatic carbocycles. The van der Waals surface area contributed by atoms with Crippen LogP contribution in [0.15, 0.2) is 114 Å². The molecule has 3 aromatic rings. The monoisotopic (exact) mass is 552 g/mol. The maximum atomic E-state index is 14.3. The minimum Gasteiger partial charge on any atom is -0.488 e. The van der Waals surface area contributed by atoms with E-state index in [1.807, 2.05) is 80.6 Å². The molecule has 8 heteroatoms. The fraction of sp³-hybridized carbons (Fsp3) is 0.273. The summed E-state index contributed by atoms with van der Waals surface area (Å²) >= 11 is 0. The molecule has 5 rings (SSSR count). The van der Waals surface area contributed by atoms with Crippen molar-refractivity contribution in [2.75, 3.05) is 26.9 Å². The van der Waals surface area contributed by atoms with Crippen LogP contribution in [0.1, 0.15) is 36.6 Å². The summed E-state index contributed by atoms with van der Waals surface area (Å²) < 4.78 is 12.3. The van der Waals surface area contributed by atoms with Gasteiger partial charge in [0.15, 0.2) is 11.5 Å². The number of hydrazine groups is 1. The molecular formula is C33H36N4O4. The number of likely N-dealkylation sites (N-methyl/N-ethyl adjacent to an activating group) is 1. The number of ether oxygens (including phenoxy) is 2. The highest BCUT2D eigenvalue weighted by atomic mass is 16.5. The summed E-state index contributed by atoms with van der Waals surface area (Å²) in [5.41, 5.74) is 3.59. The molecule has 2 heterocycles. The van der Waals surface area contributed by atoms with Crippen molar-refractivity contribution >= 4 is 11.8 Å². The average molecular weight is 553 g/mol. The Morgan fingerprint density at radius 1 is 0.927 bits per heavy atom. The molecule has 0 spiro atoms. The molecule has 0 bridgehead atoms. The first-order chi connectivity index (χ1) is 20.0. The van der Waals surface area contributed by atoms with E-state index in [2.05, 4.69) is 34.6 Å². The van der Waals surface area contributed by atoms with Crippen molar-refractivity contribution in [1.29, 1.82) is 0 Å². The average Bonchev–Trinajstić information content (AvgIpc) is 2.99. The Hall–Kier alpha value is -4.40. The van der Waals surface area contributed by atoms with E-state index in [0.717, 1.165) is 16.7 Å². The van der Waals surface area contributed by atoms with E-state index in [4.69, 9.17) is 9.47 Å². The van der Waals surface area contributed by atoms with E-state index in [1.165, 1.54) is 0 Å². The molecule has 41 heavy (non-hydrogen) atoms.